The highest BCUT2D eigenvalue weighted by molar-refractivity contribution is 9.13. The summed E-state index contributed by atoms with van der Waals surface area (Å²) in [5, 5.41) is 6.49. The zero-order chi connectivity index (χ0) is 18.0. The van der Waals surface area contributed by atoms with Crippen LogP contribution < -0.4 is 5.43 Å². The fraction of sp³-hybridized carbons (Fsp3) is 0. The van der Waals surface area contributed by atoms with Gasteiger partial charge in [0, 0.05) is 34.1 Å². The van der Waals surface area contributed by atoms with Crippen LogP contribution in [-0.2, 0) is 0 Å². The van der Waals surface area contributed by atoms with E-state index in [4.69, 9.17) is 11.6 Å². The van der Waals surface area contributed by atoms with Crippen molar-refractivity contribution >= 4 is 96.5 Å². The molecule has 5 aromatic rings. The minimum Gasteiger partial charge on any atom is -0.289 e. The second kappa shape index (κ2) is 6.03. The Labute approximate surface area is 174 Å². The predicted molar refractivity (Wildman–Crippen MR) is 121 cm³/mol. The van der Waals surface area contributed by atoms with Crippen molar-refractivity contribution in [1.29, 1.82) is 0 Å². The van der Waals surface area contributed by atoms with Gasteiger partial charge in [-0.1, -0.05) is 11.6 Å². The van der Waals surface area contributed by atoms with Crippen molar-refractivity contribution in [3.8, 4) is 0 Å². The quantitative estimate of drug-likeness (QED) is 0.196. The maximum Gasteiger partial charge on any atom is 0.195 e. The Morgan fingerprint density at radius 1 is 0.692 bits per heavy atom. The number of fused-ring (bicyclic) bond motifs is 4. The Hall–Kier alpha value is -1.46. The molecule has 26 heavy (non-hydrogen) atoms. The third-order valence-corrected chi connectivity index (χ3v) is 7.80. The zero-order valence-corrected chi connectivity index (χ0v) is 17.9. The monoisotopic (exact) mass is 502 g/mol. The number of benzene rings is 4. The molecular formula is C21H9Br2ClOS. The number of halogens is 3. The summed E-state index contributed by atoms with van der Waals surface area (Å²) in [6.45, 7) is 0. The molecule has 0 saturated heterocycles. The van der Waals surface area contributed by atoms with Crippen LogP contribution in [0.3, 0.4) is 0 Å². The third kappa shape index (κ3) is 2.59. The van der Waals surface area contributed by atoms with E-state index in [9.17, 15) is 4.79 Å². The van der Waals surface area contributed by atoms with Crippen molar-refractivity contribution in [3.05, 3.63) is 78.8 Å². The molecule has 0 bridgehead atoms. The minimum atomic E-state index is 0.0373. The Balaban J connectivity index is 1.93. The Bertz CT molecular complexity index is 1440. The second-order valence-corrected chi connectivity index (χ2v) is 9.46. The molecule has 5 rings (SSSR count). The molecule has 0 N–H and O–H groups in total. The minimum absolute atomic E-state index is 0.0373. The molecular weight excluding hydrogens is 496 g/mol. The van der Waals surface area contributed by atoms with Crippen LogP contribution in [0.15, 0.2) is 68.3 Å². The molecule has 0 aliphatic rings. The van der Waals surface area contributed by atoms with Crippen molar-refractivity contribution in [3.63, 3.8) is 0 Å². The summed E-state index contributed by atoms with van der Waals surface area (Å²) in [6, 6.07) is 18.1. The molecule has 1 aromatic heterocycles. The van der Waals surface area contributed by atoms with Gasteiger partial charge in [0.15, 0.2) is 5.43 Å². The summed E-state index contributed by atoms with van der Waals surface area (Å²) in [7, 11) is 0. The first kappa shape index (κ1) is 16.7. The number of rotatable bonds is 0. The van der Waals surface area contributed by atoms with Gasteiger partial charge in [0.2, 0.25) is 0 Å². The van der Waals surface area contributed by atoms with Crippen LogP contribution in [0.4, 0.5) is 0 Å². The molecule has 0 amide bonds. The molecule has 1 nitrogen and oxygen atoms in total. The molecule has 0 radical (unpaired) electrons. The summed E-state index contributed by atoms with van der Waals surface area (Å²) in [4.78, 5) is 13.0. The van der Waals surface area contributed by atoms with Gasteiger partial charge in [-0.25, -0.2) is 0 Å². The van der Waals surface area contributed by atoms with E-state index in [1.807, 2.05) is 18.2 Å². The van der Waals surface area contributed by atoms with E-state index in [-0.39, 0.29) is 5.43 Å². The Kier molecular flexibility index (Phi) is 3.87. The largest absolute Gasteiger partial charge is 0.289 e. The van der Waals surface area contributed by atoms with Crippen molar-refractivity contribution in [2.45, 2.75) is 0 Å². The fourth-order valence-electron chi connectivity index (χ4n) is 3.32. The first-order chi connectivity index (χ1) is 12.5. The van der Waals surface area contributed by atoms with Crippen molar-refractivity contribution in [2.75, 3.05) is 0 Å². The van der Waals surface area contributed by atoms with Crippen molar-refractivity contribution < 1.29 is 0 Å². The molecule has 0 aliphatic heterocycles. The van der Waals surface area contributed by atoms with E-state index in [2.05, 4.69) is 62.2 Å². The molecule has 5 heteroatoms. The highest BCUT2D eigenvalue weighted by Gasteiger charge is 2.09. The predicted octanol–water partition coefficient (Wildman–Crippen LogP) is 7.90. The van der Waals surface area contributed by atoms with E-state index >= 15 is 0 Å². The fourth-order valence-corrected chi connectivity index (χ4v) is 5.30. The lowest BCUT2D eigenvalue weighted by Crippen LogP contribution is -2.00. The highest BCUT2D eigenvalue weighted by Crippen LogP contribution is 2.34. The second-order valence-electron chi connectivity index (χ2n) is 6.23. The smallest absolute Gasteiger partial charge is 0.195 e. The number of hydrogen-bond acceptors (Lipinski definition) is 2. The first-order valence-corrected chi connectivity index (χ1v) is 10.7. The lowest BCUT2D eigenvalue weighted by atomic mass is 10.0. The Morgan fingerprint density at radius 3 is 1.96 bits per heavy atom. The molecule has 4 aromatic carbocycles. The maximum absolute atomic E-state index is 13.0. The standard InChI is InChI=1S/C21H9Br2ClOS/c22-17-6-11-3-10-5-15-20(8-13(10)4-12(11)7-18(17)23)26-19-2-1-14(24)9-16(19)21(15)25/h1-9H. The number of hydrogen-bond donors (Lipinski definition) is 0. The van der Waals surface area contributed by atoms with Crippen LogP contribution in [0.25, 0.3) is 41.7 Å². The van der Waals surface area contributed by atoms with Crippen LogP contribution in [-0.4, -0.2) is 0 Å². The topological polar surface area (TPSA) is 17.1 Å². The molecule has 0 spiro atoms. The summed E-state index contributed by atoms with van der Waals surface area (Å²) in [5.41, 5.74) is 0.0373. The molecule has 0 atom stereocenters. The van der Waals surface area contributed by atoms with Gasteiger partial charge in [0.05, 0.1) is 0 Å². The average Bonchev–Trinajstić information content (AvgIpc) is 2.61. The van der Waals surface area contributed by atoms with Gasteiger partial charge >= 0.3 is 0 Å². The molecule has 0 unspecified atom stereocenters. The maximum atomic E-state index is 13.0. The summed E-state index contributed by atoms with van der Waals surface area (Å²) in [6.07, 6.45) is 0. The van der Waals surface area contributed by atoms with E-state index in [0.717, 1.165) is 45.3 Å². The van der Waals surface area contributed by atoms with Crippen LogP contribution in [0.1, 0.15) is 0 Å². The van der Waals surface area contributed by atoms with E-state index < -0.39 is 0 Å². The molecule has 0 saturated carbocycles. The van der Waals surface area contributed by atoms with Gasteiger partial charge in [-0.2, -0.15) is 0 Å². The van der Waals surface area contributed by atoms with E-state index in [0.29, 0.717) is 10.4 Å². The molecule has 126 valence electrons. The van der Waals surface area contributed by atoms with Crippen LogP contribution in [0.5, 0.6) is 0 Å². The Morgan fingerprint density at radius 2 is 1.27 bits per heavy atom. The van der Waals surface area contributed by atoms with Crippen molar-refractivity contribution in [2.24, 2.45) is 0 Å². The van der Waals surface area contributed by atoms with Gasteiger partial charge in [0.1, 0.15) is 0 Å². The van der Waals surface area contributed by atoms with Gasteiger partial charge < -0.3 is 0 Å². The third-order valence-electron chi connectivity index (χ3n) is 4.58. The highest BCUT2D eigenvalue weighted by atomic mass is 79.9. The van der Waals surface area contributed by atoms with Crippen LogP contribution in [0, 0.1) is 0 Å². The lowest BCUT2D eigenvalue weighted by Gasteiger charge is -2.07. The van der Waals surface area contributed by atoms with Crippen LogP contribution >= 0.6 is 54.8 Å². The molecule has 1 heterocycles. The van der Waals surface area contributed by atoms with Crippen molar-refractivity contribution in [1.82, 2.24) is 0 Å². The van der Waals surface area contributed by atoms with Crippen LogP contribution in [0.2, 0.25) is 5.02 Å². The van der Waals surface area contributed by atoms with E-state index in [1.165, 1.54) is 0 Å². The summed E-state index contributed by atoms with van der Waals surface area (Å²) >= 11 is 14.8. The van der Waals surface area contributed by atoms with E-state index in [1.54, 1.807) is 17.4 Å². The summed E-state index contributed by atoms with van der Waals surface area (Å²) in [5.74, 6) is 0. The average molecular weight is 505 g/mol. The normalized spacial score (nSPS) is 11.8. The zero-order valence-electron chi connectivity index (χ0n) is 13.1. The molecule has 0 fully saturated rings. The van der Waals surface area contributed by atoms with Gasteiger partial charge in [-0.3, -0.25) is 4.79 Å². The SMILES string of the molecule is O=c1c2cc(Cl)ccc2sc2cc3cc4cc(Br)c(Br)cc4cc3cc12. The molecule has 0 aliphatic carbocycles. The van der Waals surface area contributed by atoms with Gasteiger partial charge in [0.25, 0.3) is 0 Å². The van der Waals surface area contributed by atoms with Gasteiger partial charge in [-0.05, 0) is 108 Å². The first-order valence-electron chi connectivity index (χ1n) is 7.88. The van der Waals surface area contributed by atoms with Gasteiger partial charge in [-0.15, -0.1) is 11.3 Å². The lowest BCUT2D eigenvalue weighted by molar-refractivity contribution is 1.66. The summed E-state index contributed by atoms with van der Waals surface area (Å²) < 4.78 is 3.99.